The van der Waals surface area contributed by atoms with Crippen LogP contribution in [-0.2, 0) is 4.79 Å². The number of hydrogen-bond donors (Lipinski definition) is 3. The third-order valence-electron chi connectivity index (χ3n) is 3.32. The Morgan fingerprint density at radius 3 is 2.95 bits per heavy atom. The number of benzene rings is 2. The van der Waals surface area contributed by atoms with E-state index in [1.54, 1.807) is 12.1 Å². The molecule has 2 aromatic rings. The Morgan fingerprint density at radius 2 is 2.14 bits per heavy atom. The number of nitrogens with one attached hydrogen (secondary N) is 2. The molecule has 0 atom stereocenters. The molecule has 21 heavy (non-hydrogen) atoms. The molecule has 4 N–H and O–H groups in total. The third-order valence-corrected chi connectivity index (χ3v) is 4.18. The van der Waals surface area contributed by atoms with Crippen molar-refractivity contribution in [3.8, 4) is 5.75 Å². The molecular weight excluding hydrogens is 334 g/mol. The number of amides is 1. The van der Waals surface area contributed by atoms with Gasteiger partial charge in [0.25, 0.3) is 5.91 Å². The van der Waals surface area contributed by atoms with Crippen LogP contribution in [0.25, 0.3) is 0 Å². The summed E-state index contributed by atoms with van der Waals surface area (Å²) in [6, 6.07) is 9.38. The summed E-state index contributed by atoms with van der Waals surface area (Å²) < 4.78 is 6.35. The van der Waals surface area contributed by atoms with Gasteiger partial charge < -0.3 is 21.1 Å². The molecule has 2 aromatic carbocycles. The first-order valence-corrected chi connectivity index (χ1v) is 7.22. The van der Waals surface area contributed by atoms with Crippen LogP contribution in [0.3, 0.4) is 0 Å². The van der Waals surface area contributed by atoms with Gasteiger partial charge in [0, 0.05) is 16.2 Å². The Bertz CT molecular complexity index is 731. The number of fused-ring (bicyclic) bond motifs is 1. The second-order valence-electron chi connectivity index (χ2n) is 4.81. The summed E-state index contributed by atoms with van der Waals surface area (Å²) in [5, 5.41) is 6.05. The molecule has 0 fully saturated rings. The summed E-state index contributed by atoms with van der Waals surface area (Å²) in [6.07, 6.45) is 0. The number of nitrogens with two attached hydrogens (primary N) is 1. The zero-order chi connectivity index (χ0) is 15.0. The van der Waals surface area contributed by atoms with Crippen molar-refractivity contribution in [2.24, 2.45) is 0 Å². The summed E-state index contributed by atoms with van der Waals surface area (Å²) in [4.78, 5) is 11.4. The van der Waals surface area contributed by atoms with E-state index >= 15 is 0 Å². The molecule has 0 aliphatic carbocycles. The lowest BCUT2D eigenvalue weighted by atomic mass is 10.1. The van der Waals surface area contributed by atoms with Gasteiger partial charge in [-0.25, -0.2) is 0 Å². The van der Waals surface area contributed by atoms with Gasteiger partial charge in [0.15, 0.2) is 6.61 Å². The fraction of sp³-hybridized carbons (Fsp3) is 0.133. The van der Waals surface area contributed by atoms with Gasteiger partial charge in [-0.1, -0.05) is 22.0 Å². The Morgan fingerprint density at radius 1 is 1.33 bits per heavy atom. The normalized spacial score (nSPS) is 13.1. The highest BCUT2D eigenvalue weighted by molar-refractivity contribution is 9.10. The van der Waals surface area contributed by atoms with Gasteiger partial charge in [-0.05, 0) is 30.7 Å². The summed E-state index contributed by atoms with van der Waals surface area (Å²) >= 11 is 3.50. The Hall–Kier alpha value is -2.21. The standard InChI is InChI=1S/C15H14BrN3O2/c1-8-9(16)3-2-4-11(8)18-12-6-13-14(5-10(12)17)21-7-15(20)19-13/h2-6,18H,7,17H2,1H3,(H,19,20). The molecule has 0 bridgehead atoms. The fourth-order valence-corrected chi connectivity index (χ4v) is 2.50. The van der Waals surface area contributed by atoms with Crippen molar-refractivity contribution in [1.29, 1.82) is 0 Å². The van der Waals surface area contributed by atoms with Gasteiger partial charge >= 0.3 is 0 Å². The molecule has 108 valence electrons. The molecular formula is C15H14BrN3O2. The second kappa shape index (κ2) is 5.29. The monoisotopic (exact) mass is 347 g/mol. The maximum atomic E-state index is 11.4. The van der Waals surface area contributed by atoms with Gasteiger partial charge in [0.05, 0.1) is 17.1 Å². The zero-order valence-electron chi connectivity index (χ0n) is 11.4. The van der Waals surface area contributed by atoms with Gasteiger partial charge in [0.2, 0.25) is 0 Å². The van der Waals surface area contributed by atoms with E-state index in [9.17, 15) is 4.79 Å². The quantitative estimate of drug-likeness (QED) is 0.727. The lowest BCUT2D eigenvalue weighted by Gasteiger charge is -2.21. The van der Waals surface area contributed by atoms with E-state index in [-0.39, 0.29) is 12.5 Å². The van der Waals surface area contributed by atoms with Gasteiger partial charge in [-0.3, -0.25) is 4.79 Å². The molecule has 0 spiro atoms. The van der Waals surface area contributed by atoms with E-state index in [1.807, 2.05) is 25.1 Å². The minimum absolute atomic E-state index is 0.0178. The topological polar surface area (TPSA) is 76.4 Å². The lowest BCUT2D eigenvalue weighted by Crippen LogP contribution is -2.25. The SMILES string of the molecule is Cc1c(Br)cccc1Nc1cc2c(cc1N)OCC(=O)N2. The van der Waals surface area contributed by atoms with Crippen LogP contribution in [-0.4, -0.2) is 12.5 Å². The number of halogens is 1. The van der Waals surface area contributed by atoms with E-state index in [2.05, 4.69) is 26.6 Å². The number of hydrogen-bond acceptors (Lipinski definition) is 4. The second-order valence-corrected chi connectivity index (χ2v) is 5.66. The van der Waals surface area contributed by atoms with Gasteiger partial charge in [-0.2, -0.15) is 0 Å². The molecule has 1 heterocycles. The summed E-state index contributed by atoms with van der Waals surface area (Å²) in [5.74, 6) is 0.417. The molecule has 0 aromatic heterocycles. The summed E-state index contributed by atoms with van der Waals surface area (Å²) in [5.41, 5.74) is 9.97. The van der Waals surface area contributed by atoms with E-state index < -0.39 is 0 Å². The van der Waals surface area contributed by atoms with Crippen LogP contribution in [0.2, 0.25) is 0 Å². The van der Waals surface area contributed by atoms with Crippen molar-refractivity contribution < 1.29 is 9.53 Å². The number of ether oxygens (including phenoxy) is 1. The van der Waals surface area contributed by atoms with Crippen LogP contribution >= 0.6 is 15.9 Å². The molecule has 0 saturated heterocycles. The van der Waals surface area contributed by atoms with Gasteiger partial charge in [-0.15, -0.1) is 0 Å². The van der Waals surface area contributed by atoms with Crippen LogP contribution in [0.15, 0.2) is 34.8 Å². The van der Waals surface area contributed by atoms with Crippen molar-refractivity contribution >= 4 is 44.6 Å². The molecule has 5 nitrogen and oxygen atoms in total. The van der Waals surface area contributed by atoms with Crippen LogP contribution in [0, 0.1) is 6.92 Å². The summed E-state index contributed by atoms with van der Waals surface area (Å²) in [7, 11) is 0. The number of carbonyl (C=O) groups excluding carboxylic acids is 1. The Balaban J connectivity index is 1.97. The van der Waals surface area contributed by atoms with Crippen molar-refractivity contribution in [3.05, 3.63) is 40.4 Å². The molecule has 1 aliphatic rings. The van der Waals surface area contributed by atoms with Crippen molar-refractivity contribution in [3.63, 3.8) is 0 Å². The largest absolute Gasteiger partial charge is 0.482 e. The average molecular weight is 348 g/mol. The third kappa shape index (κ3) is 2.67. The Labute approximate surface area is 130 Å². The lowest BCUT2D eigenvalue weighted by molar-refractivity contribution is -0.118. The van der Waals surface area contributed by atoms with Crippen molar-refractivity contribution in [2.45, 2.75) is 6.92 Å². The molecule has 0 saturated carbocycles. The highest BCUT2D eigenvalue weighted by Gasteiger charge is 2.18. The number of anilines is 4. The Kier molecular flexibility index (Phi) is 3.47. The zero-order valence-corrected chi connectivity index (χ0v) is 13.0. The minimum atomic E-state index is -0.170. The van der Waals surface area contributed by atoms with E-state index in [0.29, 0.717) is 17.1 Å². The van der Waals surface area contributed by atoms with Crippen LogP contribution in [0.4, 0.5) is 22.7 Å². The highest BCUT2D eigenvalue weighted by atomic mass is 79.9. The predicted octanol–water partition coefficient (Wildman–Crippen LogP) is 3.41. The number of rotatable bonds is 2. The average Bonchev–Trinajstić information content (AvgIpc) is 2.45. The molecule has 0 radical (unpaired) electrons. The molecule has 3 rings (SSSR count). The number of carbonyl (C=O) groups is 1. The molecule has 1 amide bonds. The maximum absolute atomic E-state index is 11.4. The van der Waals surface area contributed by atoms with E-state index in [4.69, 9.17) is 10.5 Å². The van der Waals surface area contributed by atoms with Crippen molar-refractivity contribution in [1.82, 2.24) is 0 Å². The number of nitrogen functional groups attached to an aromatic ring is 1. The first-order chi connectivity index (χ1) is 10.0. The maximum Gasteiger partial charge on any atom is 0.262 e. The van der Waals surface area contributed by atoms with Crippen molar-refractivity contribution in [2.75, 3.05) is 23.0 Å². The summed E-state index contributed by atoms with van der Waals surface area (Å²) in [6.45, 7) is 2.02. The predicted molar refractivity (Wildman–Crippen MR) is 87.1 cm³/mol. The van der Waals surface area contributed by atoms with E-state index in [0.717, 1.165) is 21.4 Å². The minimum Gasteiger partial charge on any atom is -0.482 e. The molecule has 0 unspecified atom stereocenters. The van der Waals surface area contributed by atoms with Crippen LogP contribution in [0.5, 0.6) is 5.75 Å². The first kappa shape index (κ1) is 13.8. The van der Waals surface area contributed by atoms with E-state index in [1.165, 1.54) is 0 Å². The first-order valence-electron chi connectivity index (χ1n) is 6.43. The van der Waals surface area contributed by atoms with Gasteiger partial charge in [0.1, 0.15) is 5.75 Å². The molecule has 6 heteroatoms. The van der Waals surface area contributed by atoms with Crippen LogP contribution in [0.1, 0.15) is 5.56 Å². The fourth-order valence-electron chi connectivity index (χ4n) is 2.14. The van der Waals surface area contributed by atoms with Crippen LogP contribution < -0.4 is 21.1 Å². The highest BCUT2D eigenvalue weighted by Crippen LogP contribution is 2.37. The molecule has 1 aliphatic heterocycles. The smallest absolute Gasteiger partial charge is 0.262 e.